The number of benzene rings is 1. The van der Waals surface area contributed by atoms with Crippen molar-refractivity contribution in [1.29, 1.82) is 0 Å². The zero-order valence-corrected chi connectivity index (χ0v) is 17.6. The van der Waals surface area contributed by atoms with Crippen molar-refractivity contribution in [3.63, 3.8) is 0 Å². The summed E-state index contributed by atoms with van der Waals surface area (Å²) >= 11 is 6.27. The third-order valence-corrected chi connectivity index (χ3v) is 6.17. The number of urea groups is 1. The maximum absolute atomic E-state index is 12.3. The maximum Gasteiger partial charge on any atom is 0.325 e. The number of nitrogens with zero attached hydrogens (tertiary/aromatic N) is 6. The number of carbonyl (C=O) groups excluding carboxylic acids is 1. The summed E-state index contributed by atoms with van der Waals surface area (Å²) in [5.41, 5.74) is 2.66. The average molecular weight is 424 g/mol. The molecule has 154 valence electrons. The molecule has 0 unspecified atom stereocenters. The minimum absolute atomic E-state index is 0.0451. The summed E-state index contributed by atoms with van der Waals surface area (Å²) in [5.74, 6) is 1.11. The Morgan fingerprint density at radius 1 is 1.17 bits per heavy atom. The summed E-state index contributed by atoms with van der Waals surface area (Å²) in [7, 11) is 1.79. The van der Waals surface area contributed by atoms with Crippen molar-refractivity contribution in [3.8, 4) is 5.69 Å². The van der Waals surface area contributed by atoms with Gasteiger partial charge in [0.05, 0.1) is 17.6 Å². The number of hydrogen-bond acceptors (Lipinski definition) is 5. The van der Waals surface area contributed by atoms with Crippen molar-refractivity contribution in [3.05, 3.63) is 59.3 Å². The Kier molecular flexibility index (Phi) is 4.39. The lowest BCUT2D eigenvalue weighted by atomic mass is 10.2. The van der Waals surface area contributed by atoms with Crippen molar-refractivity contribution in [2.24, 2.45) is 0 Å². The van der Waals surface area contributed by atoms with Gasteiger partial charge in [-0.2, -0.15) is 4.98 Å². The lowest BCUT2D eigenvalue weighted by molar-refractivity contribution is 0.229. The zero-order valence-electron chi connectivity index (χ0n) is 16.8. The van der Waals surface area contributed by atoms with Gasteiger partial charge < -0.3 is 14.8 Å². The molecule has 1 aliphatic heterocycles. The van der Waals surface area contributed by atoms with E-state index in [1.807, 2.05) is 35.9 Å². The molecule has 1 aromatic carbocycles. The standard InChI is InChI=1S/C21H22ClN7O/c1-14-3-4-15(11-16(14)22)28-12-17(24-13-28)21(6-7-21)26-19-23-8-5-18(25-19)29-10-9-27(2)20(29)30/h3-5,8,11-13H,6-7,9-10H2,1-2H3,(H,23,25,26). The Labute approximate surface area is 179 Å². The summed E-state index contributed by atoms with van der Waals surface area (Å²) in [4.78, 5) is 29.2. The van der Waals surface area contributed by atoms with Gasteiger partial charge >= 0.3 is 6.03 Å². The molecule has 5 rings (SSSR count). The molecule has 30 heavy (non-hydrogen) atoms. The third kappa shape index (κ3) is 3.27. The number of aromatic nitrogens is 4. The van der Waals surface area contributed by atoms with Crippen LogP contribution >= 0.6 is 11.6 Å². The Balaban J connectivity index is 1.37. The van der Waals surface area contributed by atoms with E-state index in [2.05, 4.69) is 20.3 Å². The number of halogens is 1. The zero-order chi connectivity index (χ0) is 20.9. The van der Waals surface area contributed by atoms with E-state index in [0.29, 0.717) is 24.9 Å². The van der Waals surface area contributed by atoms with E-state index in [4.69, 9.17) is 11.6 Å². The lowest BCUT2D eigenvalue weighted by Gasteiger charge is -2.18. The monoisotopic (exact) mass is 423 g/mol. The van der Waals surface area contributed by atoms with Gasteiger partial charge in [0.25, 0.3) is 0 Å². The van der Waals surface area contributed by atoms with E-state index in [1.54, 1.807) is 35.4 Å². The summed E-state index contributed by atoms with van der Waals surface area (Å²) in [6.45, 7) is 3.30. The van der Waals surface area contributed by atoms with E-state index in [9.17, 15) is 4.79 Å². The van der Waals surface area contributed by atoms with Gasteiger partial charge in [-0.25, -0.2) is 14.8 Å². The molecule has 2 amide bonds. The number of amides is 2. The fraction of sp³-hybridized carbons (Fsp3) is 0.333. The van der Waals surface area contributed by atoms with Gasteiger partial charge in [-0.15, -0.1) is 0 Å². The van der Waals surface area contributed by atoms with Gasteiger partial charge in [0.2, 0.25) is 5.95 Å². The largest absolute Gasteiger partial charge is 0.343 e. The fourth-order valence-corrected chi connectivity index (χ4v) is 3.83. The van der Waals surface area contributed by atoms with Crippen LogP contribution in [-0.4, -0.2) is 50.6 Å². The molecule has 2 aliphatic rings. The Morgan fingerprint density at radius 3 is 2.70 bits per heavy atom. The Morgan fingerprint density at radius 2 is 2.00 bits per heavy atom. The van der Waals surface area contributed by atoms with Crippen LogP contribution in [0.15, 0.2) is 43.0 Å². The van der Waals surface area contributed by atoms with Gasteiger partial charge in [0, 0.05) is 43.2 Å². The van der Waals surface area contributed by atoms with E-state index in [0.717, 1.165) is 34.8 Å². The van der Waals surface area contributed by atoms with Crippen LogP contribution in [0.25, 0.3) is 5.69 Å². The molecule has 1 saturated carbocycles. The van der Waals surface area contributed by atoms with E-state index in [-0.39, 0.29) is 11.6 Å². The normalized spacial score (nSPS) is 17.5. The van der Waals surface area contributed by atoms with Crippen LogP contribution in [0.3, 0.4) is 0 Å². The van der Waals surface area contributed by atoms with Crippen LogP contribution < -0.4 is 10.2 Å². The van der Waals surface area contributed by atoms with Crippen LogP contribution in [0.2, 0.25) is 5.02 Å². The molecule has 8 nitrogen and oxygen atoms in total. The van der Waals surface area contributed by atoms with Crippen LogP contribution in [0.4, 0.5) is 16.6 Å². The molecule has 9 heteroatoms. The number of nitrogens with one attached hydrogen (secondary N) is 1. The summed E-state index contributed by atoms with van der Waals surface area (Å²) in [6, 6.07) is 7.68. The topological polar surface area (TPSA) is 79.2 Å². The molecule has 1 aliphatic carbocycles. The first-order valence-corrected chi connectivity index (χ1v) is 10.3. The second kappa shape index (κ2) is 6.98. The number of rotatable bonds is 5. The lowest BCUT2D eigenvalue weighted by Crippen LogP contribution is -2.30. The van der Waals surface area contributed by atoms with Gasteiger partial charge in [0.15, 0.2) is 0 Å². The summed E-state index contributed by atoms with van der Waals surface area (Å²) in [5, 5.41) is 4.18. The fourth-order valence-electron chi connectivity index (χ4n) is 3.66. The molecule has 0 atom stereocenters. The van der Waals surface area contributed by atoms with Crippen molar-refractivity contribution >= 4 is 29.4 Å². The van der Waals surface area contributed by atoms with Crippen molar-refractivity contribution < 1.29 is 4.79 Å². The predicted molar refractivity (Wildman–Crippen MR) is 115 cm³/mol. The van der Waals surface area contributed by atoms with Crippen molar-refractivity contribution in [2.45, 2.75) is 25.3 Å². The smallest absolute Gasteiger partial charge is 0.325 e. The van der Waals surface area contributed by atoms with E-state index < -0.39 is 0 Å². The first-order valence-electron chi connectivity index (χ1n) is 9.90. The molecule has 0 bridgehead atoms. The first kappa shape index (κ1) is 18.9. The minimum Gasteiger partial charge on any atom is -0.343 e. The highest BCUT2D eigenvalue weighted by molar-refractivity contribution is 6.31. The van der Waals surface area contributed by atoms with Crippen LogP contribution in [-0.2, 0) is 5.54 Å². The molecule has 3 heterocycles. The highest BCUT2D eigenvalue weighted by Gasteiger charge is 2.47. The minimum atomic E-state index is -0.288. The number of aryl methyl sites for hydroxylation is 1. The second-order valence-electron chi connectivity index (χ2n) is 7.90. The van der Waals surface area contributed by atoms with Crippen LogP contribution in [0.1, 0.15) is 24.1 Å². The number of likely N-dealkylation sites (N-methyl/N-ethyl adjacent to an activating group) is 1. The molecule has 1 N–H and O–H groups in total. The Bertz CT molecular complexity index is 1120. The van der Waals surface area contributed by atoms with Gasteiger partial charge in [-0.05, 0) is 43.5 Å². The van der Waals surface area contributed by atoms with Gasteiger partial charge in [0.1, 0.15) is 5.82 Å². The third-order valence-electron chi connectivity index (χ3n) is 5.76. The Hall–Kier alpha value is -3.13. The van der Waals surface area contributed by atoms with Crippen molar-refractivity contribution in [1.82, 2.24) is 24.4 Å². The average Bonchev–Trinajstić information content (AvgIpc) is 3.19. The SMILES string of the molecule is Cc1ccc(-n2cnc(C3(Nc4nccc(N5CCN(C)C5=O)n4)CC3)c2)cc1Cl. The van der Waals surface area contributed by atoms with Crippen LogP contribution in [0, 0.1) is 6.92 Å². The number of anilines is 2. The molecule has 0 spiro atoms. The molecule has 2 aromatic heterocycles. The van der Waals surface area contributed by atoms with Gasteiger partial charge in [-0.1, -0.05) is 17.7 Å². The first-order chi connectivity index (χ1) is 14.4. The molecular weight excluding hydrogens is 402 g/mol. The maximum atomic E-state index is 12.3. The number of hydrogen-bond donors (Lipinski definition) is 1. The summed E-state index contributed by atoms with van der Waals surface area (Å²) < 4.78 is 1.97. The van der Waals surface area contributed by atoms with E-state index in [1.165, 1.54) is 0 Å². The molecular formula is C21H22ClN7O. The molecule has 3 aromatic rings. The highest BCUT2D eigenvalue weighted by Crippen LogP contribution is 2.47. The summed E-state index contributed by atoms with van der Waals surface area (Å²) in [6.07, 6.45) is 7.38. The molecule has 1 saturated heterocycles. The van der Waals surface area contributed by atoms with Crippen LogP contribution in [0.5, 0.6) is 0 Å². The highest BCUT2D eigenvalue weighted by atomic mass is 35.5. The van der Waals surface area contributed by atoms with E-state index >= 15 is 0 Å². The van der Waals surface area contributed by atoms with Gasteiger partial charge in [-0.3, -0.25) is 4.90 Å². The molecule has 0 radical (unpaired) electrons. The number of imidazole rings is 1. The molecule has 2 fully saturated rings. The number of carbonyl (C=O) groups is 1. The van der Waals surface area contributed by atoms with Crippen molar-refractivity contribution in [2.75, 3.05) is 30.4 Å². The predicted octanol–water partition coefficient (Wildman–Crippen LogP) is 3.60. The quantitative estimate of drug-likeness (QED) is 0.678. The second-order valence-corrected chi connectivity index (χ2v) is 8.31.